The number of aromatic nitrogens is 3. The van der Waals surface area contributed by atoms with Crippen LogP contribution in [0, 0.1) is 0 Å². The highest BCUT2D eigenvalue weighted by Crippen LogP contribution is 2.21. The number of hydrogen-bond donors (Lipinski definition) is 1. The van der Waals surface area contributed by atoms with E-state index in [9.17, 15) is 0 Å². The van der Waals surface area contributed by atoms with Crippen LogP contribution in [0.1, 0.15) is 29.7 Å². The topological polar surface area (TPSA) is 66.0 Å². The van der Waals surface area contributed by atoms with Crippen LogP contribution < -0.4 is 10.5 Å². The van der Waals surface area contributed by atoms with Crippen LogP contribution in [0.15, 0.2) is 18.2 Å². The van der Waals surface area contributed by atoms with Gasteiger partial charge < -0.3 is 10.5 Å². The van der Waals surface area contributed by atoms with Gasteiger partial charge in [0.05, 0.1) is 13.7 Å². The molecule has 0 unspecified atom stereocenters. The zero-order chi connectivity index (χ0) is 13.8. The summed E-state index contributed by atoms with van der Waals surface area (Å²) < 4.78 is 7.13. The number of methoxy groups -OCH3 is 1. The van der Waals surface area contributed by atoms with Crippen LogP contribution in [-0.2, 0) is 26.4 Å². The van der Waals surface area contributed by atoms with Crippen molar-refractivity contribution in [3.8, 4) is 5.75 Å². The molecule has 1 heterocycles. The van der Waals surface area contributed by atoms with Crippen molar-refractivity contribution in [1.82, 2.24) is 14.8 Å². The van der Waals surface area contributed by atoms with Gasteiger partial charge in [-0.3, -0.25) is 4.68 Å². The third-order valence-electron chi connectivity index (χ3n) is 3.17. The smallest absolute Gasteiger partial charge is 0.164 e. The molecule has 102 valence electrons. The number of nitrogens with zero attached hydrogens (tertiary/aromatic N) is 3. The van der Waals surface area contributed by atoms with Gasteiger partial charge in [-0.25, -0.2) is 4.98 Å². The van der Waals surface area contributed by atoms with Gasteiger partial charge in [-0.15, -0.1) is 0 Å². The zero-order valence-electron chi connectivity index (χ0n) is 11.7. The Morgan fingerprint density at radius 1 is 1.37 bits per heavy atom. The molecule has 0 aliphatic rings. The summed E-state index contributed by atoms with van der Waals surface area (Å²) in [5, 5.41) is 4.26. The first kappa shape index (κ1) is 13.5. The number of hydrogen-bond acceptors (Lipinski definition) is 4. The van der Waals surface area contributed by atoms with Crippen molar-refractivity contribution < 1.29 is 4.74 Å². The van der Waals surface area contributed by atoms with Gasteiger partial charge in [0.15, 0.2) is 5.82 Å². The van der Waals surface area contributed by atoms with Gasteiger partial charge in [-0.2, -0.15) is 5.10 Å². The summed E-state index contributed by atoms with van der Waals surface area (Å²) in [6.45, 7) is 2.49. The molecule has 0 saturated heterocycles. The quantitative estimate of drug-likeness (QED) is 0.883. The van der Waals surface area contributed by atoms with E-state index >= 15 is 0 Å². The lowest BCUT2D eigenvalue weighted by Crippen LogP contribution is -2.01. The SMILES string of the molecule is CCc1cc(Cc2nc(CN)nn2C)ccc1OC. The average Bonchev–Trinajstić information content (AvgIpc) is 2.79. The molecule has 0 amide bonds. The molecule has 0 aliphatic heterocycles. The molecule has 5 nitrogen and oxygen atoms in total. The summed E-state index contributed by atoms with van der Waals surface area (Å²) in [6.07, 6.45) is 1.70. The summed E-state index contributed by atoms with van der Waals surface area (Å²) in [4.78, 5) is 4.42. The summed E-state index contributed by atoms with van der Waals surface area (Å²) in [7, 11) is 3.59. The molecule has 19 heavy (non-hydrogen) atoms. The van der Waals surface area contributed by atoms with Gasteiger partial charge in [0.1, 0.15) is 11.6 Å². The Hall–Kier alpha value is -1.88. The van der Waals surface area contributed by atoms with E-state index in [1.807, 2.05) is 13.1 Å². The monoisotopic (exact) mass is 260 g/mol. The molecule has 0 radical (unpaired) electrons. The lowest BCUT2D eigenvalue weighted by molar-refractivity contribution is 0.410. The van der Waals surface area contributed by atoms with Crippen LogP contribution in [0.2, 0.25) is 0 Å². The number of rotatable bonds is 5. The van der Waals surface area contributed by atoms with Crippen molar-refractivity contribution in [3.05, 3.63) is 41.0 Å². The second kappa shape index (κ2) is 5.84. The van der Waals surface area contributed by atoms with Crippen molar-refractivity contribution in [1.29, 1.82) is 0 Å². The molecule has 0 spiro atoms. The van der Waals surface area contributed by atoms with E-state index < -0.39 is 0 Å². The normalized spacial score (nSPS) is 10.7. The van der Waals surface area contributed by atoms with Crippen molar-refractivity contribution >= 4 is 0 Å². The number of benzene rings is 1. The fourth-order valence-electron chi connectivity index (χ4n) is 2.12. The van der Waals surface area contributed by atoms with E-state index in [-0.39, 0.29) is 0 Å². The first-order valence-electron chi connectivity index (χ1n) is 6.42. The Kier molecular flexibility index (Phi) is 4.16. The predicted octanol–water partition coefficient (Wildman–Crippen LogP) is 1.44. The molecule has 0 atom stereocenters. The first-order chi connectivity index (χ1) is 9.17. The van der Waals surface area contributed by atoms with Crippen LogP contribution in [-0.4, -0.2) is 21.9 Å². The van der Waals surface area contributed by atoms with Crippen LogP contribution in [0.3, 0.4) is 0 Å². The molecule has 2 rings (SSSR count). The lowest BCUT2D eigenvalue weighted by Gasteiger charge is -2.09. The van der Waals surface area contributed by atoms with Gasteiger partial charge >= 0.3 is 0 Å². The third kappa shape index (κ3) is 2.93. The highest BCUT2D eigenvalue weighted by atomic mass is 16.5. The Labute approximate surface area is 113 Å². The Balaban J connectivity index is 2.25. The van der Waals surface area contributed by atoms with E-state index in [0.717, 1.165) is 24.4 Å². The molecule has 0 saturated carbocycles. The lowest BCUT2D eigenvalue weighted by atomic mass is 10.0. The maximum absolute atomic E-state index is 5.55. The van der Waals surface area contributed by atoms with Crippen LogP contribution in [0.5, 0.6) is 5.75 Å². The van der Waals surface area contributed by atoms with Crippen molar-refractivity contribution in [2.24, 2.45) is 12.8 Å². The minimum absolute atomic E-state index is 0.372. The number of nitrogens with two attached hydrogens (primary N) is 1. The highest BCUT2D eigenvalue weighted by molar-refractivity contribution is 5.38. The van der Waals surface area contributed by atoms with Gasteiger partial charge in [0.25, 0.3) is 0 Å². The summed E-state index contributed by atoms with van der Waals surface area (Å²) in [6, 6.07) is 6.23. The Morgan fingerprint density at radius 3 is 2.74 bits per heavy atom. The van der Waals surface area contributed by atoms with Crippen molar-refractivity contribution in [2.45, 2.75) is 26.3 Å². The molecule has 5 heteroatoms. The maximum atomic E-state index is 5.55. The molecule has 0 bridgehead atoms. The van der Waals surface area contributed by atoms with Crippen LogP contribution in [0.4, 0.5) is 0 Å². The maximum Gasteiger partial charge on any atom is 0.164 e. The van der Waals surface area contributed by atoms with Gasteiger partial charge in [0.2, 0.25) is 0 Å². The molecular formula is C14H20N4O. The zero-order valence-corrected chi connectivity index (χ0v) is 11.7. The molecule has 1 aromatic carbocycles. The highest BCUT2D eigenvalue weighted by Gasteiger charge is 2.08. The fourth-order valence-corrected chi connectivity index (χ4v) is 2.12. The van der Waals surface area contributed by atoms with E-state index in [0.29, 0.717) is 12.4 Å². The van der Waals surface area contributed by atoms with E-state index in [1.165, 1.54) is 11.1 Å². The summed E-state index contributed by atoms with van der Waals surface area (Å²) >= 11 is 0. The van der Waals surface area contributed by atoms with Gasteiger partial charge in [-0.05, 0) is 23.6 Å². The second-order valence-corrected chi connectivity index (χ2v) is 4.45. The van der Waals surface area contributed by atoms with Crippen LogP contribution >= 0.6 is 0 Å². The van der Waals surface area contributed by atoms with Gasteiger partial charge in [-0.1, -0.05) is 19.1 Å². The van der Waals surface area contributed by atoms with Gasteiger partial charge in [0, 0.05) is 13.5 Å². The standard InChI is InChI=1S/C14H20N4O/c1-4-11-7-10(5-6-12(11)19-3)8-14-16-13(9-15)17-18(14)2/h5-7H,4,8-9,15H2,1-3H3. The minimum atomic E-state index is 0.372. The molecule has 0 fully saturated rings. The van der Waals surface area contributed by atoms with E-state index in [4.69, 9.17) is 10.5 Å². The molecular weight excluding hydrogens is 240 g/mol. The second-order valence-electron chi connectivity index (χ2n) is 4.45. The summed E-state index contributed by atoms with van der Waals surface area (Å²) in [5.41, 5.74) is 7.97. The minimum Gasteiger partial charge on any atom is -0.496 e. The average molecular weight is 260 g/mol. The molecule has 2 N–H and O–H groups in total. The molecule has 2 aromatic rings. The molecule has 1 aromatic heterocycles. The fraction of sp³-hybridized carbons (Fsp3) is 0.429. The van der Waals surface area contributed by atoms with E-state index in [1.54, 1.807) is 11.8 Å². The predicted molar refractivity (Wildman–Crippen MR) is 74.1 cm³/mol. The van der Waals surface area contributed by atoms with Crippen molar-refractivity contribution in [3.63, 3.8) is 0 Å². The van der Waals surface area contributed by atoms with Crippen molar-refractivity contribution in [2.75, 3.05) is 7.11 Å². The number of aryl methyl sites for hydroxylation is 2. The summed E-state index contributed by atoms with van der Waals surface area (Å²) in [5.74, 6) is 2.54. The third-order valence-corrected chi connectivity index (χ3v) is 3.17. The number of ether oxygens (including phenoxy) is 1. The van der Waals surface area contributed by atoms with E-state index in [2.05, 4.69) is 29.1 Å². The Morgan fingerprint density at radius 2 is 2.16 bits per heavy atom. The first-order valence-corrected chi connectivity index (χ1v) is 6.42. The largest absolute Gasteiger partial charge is 0.496 e. The Bertz CT molecular complexity index is 563. The molecule has 0 aliphatic carbocycles. The van der Waals surface area contributed by atoms with Crippen LogP contribution in [0.25, 0.3) is 0 Å².